The van der Waals surface area contributed by atoms with Crippen LogP contribution >= 0.6 is 11.6 Å². The summed E-state index contributed by atoms with van der Waals surface area (Å²) in [6, 6.07) is 8.36. The maximum atomic E-state index is 5.97. The lowest BCUT2D eigenvalue weighted by Crippen LogP contribution is -2.22. The van der Waals surface area contributed by atoms with Crippen molar-refractivity contribution in [1.29, 1.82) is 0 Å². The highest BCUT2D eigenvalue weighted by Crippen LogP contribution is 2.25. The zero-order chi connectivity index (χ0) is 11.7. The molecule has 0 saturated carbocycles. The quantitative estimate of drug-likeness (QED) is 0.857. The molecule has 1 fully saturated rings. The number of rotatable bonds is 2. The van der Waals surface area contributed by atoms with Crippen LogP contribution in [0.1, 0.15) is 6.42 Å². The van der Waals surface area contributed by atoms with Crippen LogP contribution in [0.25, 0.3) is 10.9 Å². The first-order valence-electron chi connectivity index (χ1n) is 5.84. The molecule has 1 aromatic carbocycles. The highest BCUT2D eigenvalue weighted by atomic mass is 35.5. The fourth-order valence-electron chi connectivity index (χ4n) is 2.24. The molecule has 4 heteroatoms. The summed E-state index contributed by atoms with van der Waals surface area (Å²) in [5.74, 6) is 0. The number of nitrogens with one attached hydrogen (secondary N) is 2. The molecular formula is C13H14ClN3. The van der Waals surface area contributed by atoms with Crippen LogP contribution in [0.4, 0.5) is 5.69 Å². The third-order valence-corrected chi connectivity index (χ3v) is 3.36. The van der Waals surface area contributed by atoms with Crippen LogP contribution in [-0.2, 0) is 0 Å². The van der Waals surface area contributed by atoms with E-state index >= 15 is 0 Å². The van der Waals surface area contributed by atoms with Crippen molar-refractivity contribution in [2.45, 2.75) is 12.5 Å². The Labute approximate surface area is 105 Å². The first kappa shape index (κ1) is 10.8. The third kappa shape index (κ3) is 2.21. The minimum absolute atomic E-state index is 0.510. The van der Waals surface area contributed by atoms with E-state index in [0.717, 1.165) is 41.1 Å². The maximum absolute atomic E-state index is 5.97. The summed E-state index contributed by atoms with van der Waals surface area (Å²) in [6.45, 7) is 2.11. The molecule has 17 heavy (non-hydrogen) atoms. The fourth-order valence-corrected chi connectivity index (χ4v) is 2.41. The maximum Gasteiger partial charge on any atom is 0.0737 e. The van der Waals surface area contributed by atoms with Gasteiger partial charge in [-0.2, -0.15) is 0 Å². The van der Waals surface area contributed by atoms with Gasteiger partial charge in [0.05, 0.1) is 5.52 Å². The zero-order valence-corrected chi connectivity index (χ0v) is 10.2. The van der Waals surface area contributed by atoms with E-state index < -0.39 is 0 Å². The van der Waals surface area contributed by atoms with Gasteiger partial charge >= 0.3 is 0 Å². The molecule has 3 nitrogen and oxygen atoms in total. The summed E-state index contributed by atoms with van der Waals surface area (Å²) in [5.41, 5.74) is 2.08. The molecule has 0 radical (unpaired) electrons. The number of fused-ring (bicyclic) bond motifs is 1. The van der Waals surface area contributed by atoms with E-state index in [1.165, 1.54) is 0 Å². The molecule has 1 atom stereocenters. The first-order chi connectivity index (χ1) is 8.33. The Morgan fingerprint density at radius 2 is 2.29 bits per heavy atom. The normalized spacial score (nSPS) is 19.7. The van der Waals surface area contributed by atoms with E-state index in [4.69, 9.17) is 11.6 Å². The summed E-state index contributed by atoms with van der Waals surface area (Å²) in [7, 11) is 0. The molecule has 0 spiro atoms. The van der Waals surface area contributed by atoms with Crippen molar-refractivity contribution < 1.29 is 0 Å². The lowest BCUT2D eigenvalue weighted by Gasteiger charge is -2.14. The van der Waals surface area contributed by atoms with Crippen molar-refractivity contribution in [3.8, 4) is 0 Å². The molecule has 2 heterocycles. The Morgan fingerprint density at radius 1 is 1.35 bits per heavy atom. The fraction of sp³-hybridized carbons (Fsp3) is 0.308. The van der Waals surface area contributed by atoms with E-state index in [0.29, 0.717) is 6.04 Å². The largest absolute Gasteiger partial charge is 0.380 e. The summed E-state index contributed by atoms with van der Waals surface area (Å²) < 4.78 is 0. The second kappa shape index (κ2) is 4.51. The average molecular weight is 248 g/mol. The Morgan fingerprint density at radius 3 is 3.12 bits per heavy atom. The number of hydrogen-bond acceptors (Lipinski definition) is 3. The molecule has 0 amide bonds. The molecule has 1 aliphatic heterocycles. The van der Waals surface area contributed by atoms with Gasteiger partial charge in [0.15, 0.2) is 0 Å². The smallest absolute Gasteiger partial charge is 0.0737 e. The van der Waals surface area contributed by atoms with Crippen LogP contribution < -0.4 is 10.6 Å². The topological polar surface area (TPSA) is 37.0 Å². The standard InChI is InChI=1S/C13H14ClN3/c14-9-1-2-11-12(4-6-16-13(11)7-9)17-10-3-5-15-8-10/h1-2,4,6-7,10,15H,3,5,8H2,(H,16,17)/t10-/m0/s1. The summed E-state index contributed by atoms with van der Waals surface area (Å²) in [5, 5.41) is 8.76. The molecule has 1 aliphatic rings. The molecule has 0 unspecified atom stereocenters. The van der Waals surface area contributed by atoms with Crippen molar-refractivity contribution in [3.05, 3.63) is 35.5 Å². The Hall–Kier alpha value is -1.32. The molecular weight excluding hydrogens is 234 g/mol. The van der Waals surface area contributed by atoms with Crippen molar-refractivity contribution in [3.63, 3.8) is 0 Å². The van der Waals surface area contributed by atoms with E-state index in [1.54, 1.807) is 0 Å². The van der Waals surface area contributed by atoms with Crippen LogP contribution in [0.2, 0.25) is 5.02 Å². The lowest BCUT2D eigenvalue weighted by atomic mass is 10.1. The number of halogens is 1. The zero-order valence-electron chi connectivity index (χ0n) is 9.41. The second-order valence-corrected chi connectivity index (χ2v) is 4.79. The van der Waals surface area contributed by atoms with Crippen LogP contribution in [0.15, 0.2) is 30.5 Å². The van der Waals surface area contributed by atoms with Crippen molar-refractivity contribution in [2.75, 3.05) is 18.4 Å². The minimum Gasteiger partial charge on any atom is -0.380 e. The second-order valence-electron chi connectivity index (χ2n) is 4.35. The molecule has 0 aliphatic carbocycles. The SMILES string of the molecule is Clc1ccc2c(N[C@H]3CCNC3)ccnc2c1. The number of aromatic nitrogens is 1. The van der Waals surface area contributed by atoms with Crippen LogP contribution in [0.3, 0.4) is 0 Å². The molecule has 1 aromatic heterocycles. The molecule has 0 bridgehead atoms. The summed E-state index contributed by atoms with van der Waals surface area (Å²) >= 11 is 5.97. The number of benzene rings is 1. The lowest BCUT2D eigenvalue weighted by molar-refractivity contribution is 0.794. The minimum atomic E-state index is 0.510. The Balaban J connectivity index is 1.97. The van der Waals surface area contributed by atoms with Gasteiger partial charge in [-0.25, -0.2) is 0 Å². The van der Waals surface area contributed by atoms with Gasteiger partial charge in [-0.15, -0.1) is 0 Å². The molecule has 2 aromatic rings. The Bertz CT molecular complexity index is 535. The van der Waals surface area contributed by atoms with E-state index in [2.05, 4.69) is 15.6 Å². The van der Waals surface area contributed by atoms with Gasteiger partial charge < -0.3 is 10.6 Å². The van der Waals surface area contributed by atoms with Crippen LogP contribution in [-0.4, -0.2) is 24.1 Å². The van der Waals surface area contributed by atoms with Gasteiger partial charge in [0.1, 0.15) is 0 Å². The number of pyridine rings is 1. The van der Waals surface area contributed by atoms with Crippen LogP contribution in [0.5, 0.6) is 0 Å². The number of hydrogen-bond donors (Lipinski definition) is 2. The van der Waals surface area contributed by atoms with E-state index in [-0.39, 0.29) is 0 Å². The van der Waals surface area contributed by atoms with Crippen LogP contribution in [0, 0.1) is 0 Å². The van der Waals surface area contributed by atoms with E-state index in [9.17, 15) is 0 Å². The van der Waals surface area contributed by atoms with Gasteiger partial charge in [0.25, 0.3) is 0 Å². The van der Waals surface area contributed by atoms with Crippen molar-refractivity contribution in [1.82, 2.24) is 10.3 Å². The van der Waals surface area contributed by atoms with Gasteiger partial charge in [0.2, 0.25) is 0 Å². The molecule has 1 saturated heterocycles. The predicted octanol–water partition coefficient (Wildman–Crippen LogP) is 2.66. The van der Waals surface area contributed by atoms with Gasteiger partial charge in [-0.05, 0) is 37.2 Å². The first-order valence-corrected chi connectivity index (χ1v) is 6.22. The summed E-state index contributed by atoms with van der Waals surface area (Å²) in [4.78, 5) is 4.34. The van der Waals surface area contributed by atoms with Gasteiger partial charge in [-0.1, -0.05) is 11.6 Å². The van der Waals surface area contributed by atoms with Gasteiger partial charge in [0, 0.05) is 34.9 Å². The number of anilines is 1. The van der Waals surface area contributed by atoms with Crippen molar-refractivity contribution >= 4 is 28.2 Å². The molecule has 2 N–H and O–H groups in total. The predicted molar refractivity (Wildman–Crippen MR) is 71.7 cm³/mol. The highest BCUT2D eigenvalue weighted by molar-refractivity contribution is 6.31. The highest BCUT2D eigenvalue weighted by Gasteiger charge is 2.14. The summed E-state index contributed by atoms with van der Waals surface area (Å²) in [6.07, 6.45) is 2.99. The monoisotopic (exact) mass is 247 g/mol. The third-order valence-electron chi connectivity index (χ3n) is 3.12. The van der Waals surface area contributed by atoms with E-state index in [1.807, 2.05) is 30.5 Å². The number of nitrogens with zero attached hydrogens (tertiary/aromatic N) is 1. The average Bonchev–Trinajstić information content (AvgIpc) is 2.82. The Kier molecular flexibility index (Phi) is 2.87. The van der Waals surface area contributed by atoms with Crippen molar-refractivity contribution in [2.24, 2.45) is 0 Å². The molecule has 88 valence electrons. The van der Waals surface area contributed by atoms with Gasteiger partial charge in [-0.3, -0.25) is 4.98 Å². The molecule has 3 rings (SSSR count).